The molecule has 0 unspecified atom stereocenters. The largest absolute Gasteiger partial charge is 0.474 e. The summed E-state index contributed by atoms with van der Waals surface area (Å²) in [6.07, 6.45) is 6.88. The molecule has 1 spiro atoms. The number of nitrogens with zero attached hydrogens (tertiary/aromatic N) is 5. The summed E-state index contributed by atoms with van der Waals surface area (Å²) in [4.78, 5) is 4.29. The van der Waals surface area contributed by atoms with E-state index in [1.165, 1.54) is 0 Å². The fourth-order valence-electron chi connectivity index (χ4n) is 5.31. The van der Waals surface area contributed by atoms with Crippen molar-refractivity contribution in [2.75, 3.05) is 13.2 Å². The van der Waals surface area contributed by atoms with E-state index in [9.17, 15) is 5.26 Å². The van der Waals surface area contributed by atoms with Gasteiger partial charge in [0.25, 0.3) is 0 Å². The van der Waals surface area contributed by atoms with Crippen molar-refractivity contribution < 1.29 is 14.2 Å². The Morgan fingerprint density at radius 3 is 2.64 bits per heavy atom. The summed E-state index contributed by atoms with van der Waals surface area (Å²) in [6.45, 7) is 1.13. The second kappa shape index (κ2) is 8.25. The van der Waals surface area contributed by atoms with Gasteiger partial charge in [-0.3, -0.25) is 4.57 Å². The van der Waals surface area contributed by atoms with E-state index >= 15 is 0 Å². The predicted octanol–water partition coefficient (Wildman–Crippen LogP) is 3.48. The van der Waals surface area contributed by atoms with Crippen LogP contribution in [0.15, 0.2) is 42.6 Å². The van der Waals surface area contributed by atoms with Gasteiger partial charge in [-0.15, -0.1) is 10.2 Å². The van der Waals surface area contributed by atoms with Crippen molar-refractivity contribution >= 4 is 0 Å². The second-order valence-corrected chi connectivity index (χ2v) is 8.99. The Bertz CT molecular complexity index is 1190. The van der Waals surface area contributed by atoms with Crippen LogP contribution in [0.1, 0.15) is 54.4 Å². The molecule has 8 nitrogen and oxygen atoms in total. The van der Waals surface area contributed by atoms with Gasteiger partial charge in [0.15, 0.2) is 5.79 Å². The molecule has 1 aliphatic carbocycles. The lowest BCUT2D eigenvalue weighted by Crippen LogP contribution is -2.35. The molecule has 0 atom stereocenters. The fourth-order valence-corrected chi connectivity index (χ4v) is 5.31. The van der Waals surface area contributed by atoms with Gasteiger partial charge in [-0.2, -0.15) is 5.26 Å². The molecule has 2 fully saturated rings. The molecule has 0 radical (unpaired) electrons. The molecule has 8 heteroatoms. The third-order valence-corrected chi connectivity index (χ3v) is 6.87. The van der Waals surface area contributed by atoms with E-state index in [-0.39, 0.29) is 12.0 Å². The van der Waals surface area contributed by atoms with Gasteiger partial charge >= 0.3 is 0 Å². The molecule has 1 aromatic carbocycles. The highest BCUT2D eigenvalue weighted by atomic mass is 16.7. The molecule has 0 amide bonds. The number of hydrogen-bond acceptors (Lipinski definition) is 7. The summed E-state index contributed by atoms with van der Waals surface area (Å²) in [7, 11) is 0. The third-order valence-electron chi connectivity index (χ3n) is 6.87. The molecule has 6 rings (SSSR count). The Morgan fingerprint density at radius 2 is 1.88 bits per heavy atom. The molecule has 3 aliphatic rings. The van der Waals surface area contributed by atoms with Crippen LogP contribution in [0.25, 0.3) is 5.69 Å². The highest BCUT2D eigenvalue weighted by Gasteiger charge is 2.42. The molecule has 33 heavy (non-hydrogen) atoms. The third kappa shape index (κ3) is 3.77. The molecular weight excluding hydrogens is 418 g/mol. The van der Waals surface area contributed by atoms with Crippen LogP contribution in [0, 0.1) is 11.3 Å². The summed E-state index contributed by atoms with van der Waals surface area (Å²) in [5, 5.41) is 18.7. The molecule has 1 saturated carbocycles. The van der Waals surface area contributed by atoms with E-state index < -0.39 is 5.79 Å². The maximum Gasteiger partial charge on any atom is 0.213 e. The summed E-state index contributed by atoms with van der Waals surface area (Å²) in [5.41, 5.74) is 2.68. The zero-order valence-corrected chi connectivity index (χ0v) is 18.3. The van der Waals surface area contributed by atoms with Crippen molar-refractivity contribution in [1.82, 2.24) is 19.7 Å². The average Bonchev–Trinajstić information content (AvgIpc) is 3.44. The van der Waals surface area contributed by atoms with E-state index in [1.54, 1.807) is 6.20 Å². The molecule has 1 saturated heterocycles. The molecule has 2 aromatic heterocycles. The molecule has 0 bridgehead atoms. The van der Waals surface area contributed by atoms with Crippen LogP contribution in [0.5, 0.6) is 5.88 Å². The molecule has 168 valence electrons. The Kier molecular flexibility index (Phi) is 5.08. The first-order valence-corrected chi connectivity index (χ1v) is 11.6. The molecule has 4 heterocycles. The Hall–Kier alpha value is -3.28. The smallest absolute Gasteiger partial charge is 0.213 e. The number of hydrogen-bond donors (Lipinski definition) is 0. The van der Waals surface area contributed by atoms with Gasteiger partial charge in [0.1, 0.15) is 17.8 Å². The molecule has 2 aliphatic heterocycles. The van der Waals surface area contributed by atoms with Gasteiger partial charge in [0.05, 0.1) is 37.0 Å². The van der Waals surface area contributed by atoms with E-state index in [4.69, 9.17) is 14.2 Å². The van der Waals surface area contributed by atoms with Crippen LogP contribution >= 0.6 is 0 Å². The summed E-state index contributed by atoms with van der Waals surface area (Å²) < 4.78 is 20.4. The standard InChI is InChI=1S/C25H25N5O3/c26-16-17-4-9-21-19(13-17)14-25(31-11-12-32-25)15-22-28-29-24(30(21)22)18-5-7-20(8-6-18)33-23-3-1-2-10-27-23/h1-4,9-10,13,18,20H,5-8,11-12,14-15H2/t18-,20-. The zero-order chi connectivity index (χ0) is 22.3. The molecular formula is C25H25N5O3. The summed E-state index contributed by atoms with van der Waals surface area (Å²) in [5.74, 6) is 2.05. The minimum atomic E-state index is -0.741. The topological polar surface area (TPSA) is 95.1 Å². The van der Waals surface area contributed by atoms with Gasteiger partial charge < -0.3 is 14.2 Å². The second-order valence-electron chi connectivity index (χ2n) is 8.99. The average molecular weight is 444 g/mol. The van der Waals surface area contributed by atoms with Gasteiger partial charge in [0, 0.05) is 24.6 Å². The maximum atomic E-state index is 9.45. The summed E-state index contributed by atoms with van der Waals surface area (Å²) >= 11 is 0. The number of ether oxygens (including phenoxy) is 3. The lowest BCUT2D eigenvalue weighted by molar-refractivity contribution is -0.155. The van der Waals surface area contributed by atoms with E-state index in [2.05, 4.69) is 25.8 Å². The van der Waals surface area contributed by atoms with Gasteiger partial charge in [-0.25, -0.2) is 4.98 Å². The quantitative estimate of drug-likeness (QED) is 0.612. The van der Waals surface area contributed by atoms with Crippen LogP contribution in [-0.4, -0.2) is 44.9 Å². The Balaban J connectivity index is 1.30. The zero-order valence-electron chi connectivity index (χ0n) is 18.3. The van der Waals surface area contributed by atoms with E-state index in [0.29, 0.717) is 37.5 Å². The lowest BCUT2D eigenvalue weighted by atomic mass is 9.86. The fraction of sp³-hybridized carbons (Fsp3) is 0.440. The van der Waals surface area contributed by atoms with Crippen molar-refractivity contribution in [2.24, 2.45) is 0 Å². The first-order valence-electron chi connectivity index (χ1n) is 11.6. The van der Waals surface area contributed by atoms with Crippen LogP contribution in [0.3, 0.4) is 0 Å². The van der Waals surface area contributed by atoms with Crippen LogP contribution in [0.4, 0.5) is 0 Å². The van der Waals surface area contributed by atoms with Crippen molar-refractivity contribution in [3.8, 4) is 17.6 Å². The Morgan fingerprint density at radius 1 is 1.03 bits per heavy atom. The first-order chi connectivity index (χ1) is 16.2. The van der Waals surface area contributed by atoms with Gasteiger partial charge in [0.2, 0.25) is 5.88 Å². The Labute approximate surface area is 192 Å². The number of fused-ring (bicyclic) bond motifs is 3. The first kappa shape index (κ1) is 20.3. The van der Waals surface area contributed by atoms with Crippen molar-refractivity contribution in [3.05, 3.63) is 65.4 Å². The predicted molar refractivity (Wildman–Crippen MR) is 118 cm³/mol. The van der Waals surface area contributed by atoms with Crippen molar-refractivity contribution in [3.63, 3.8) is 0 Å². The molecule has 0 N–H and O–H groups in total. The van der Waals surface area contributed by atoms with Gasteiger partial charge in [-0.05, 0) is 55.5 Å². The number of nitriles is 1. The SMILES string of the molecule is N#Cc1ccc2c(c1)CC1(Cc3nnc([C@H]4CC[C@H](Oc5ccccn5)CC4)n3-2)OCCO1. The summed E-state index contributed by atoms with van der Waals surface area (Å²) in [6, 6.07) is 13.8. The maximum absolute atomic E-state index is 9.45. The number of benzene rings is 1. The van der Waals surface area contributed by atoms with E-state index in [0.717, 1.165) is 48.6 Å². The lowest BCUT2D eigenvalue weighted by Gasteiger charge is -2.28. The monoisotopic (exact) mass is 443 g/mol. The van der Waals surface area contributed by atoms with Crippen molar-refractivity contribution in [1.29, 1.82) is 5.26 Å². The van der Waals surface area contributed by atoms with Gasteiger partial charge in [-0.1, -0.05) is 6.07 Å². The minimum absolute atomic E-state index is 0.164. The molecule has 3 aromatic rings. The highest BCUT2D eigenvalue weighted by Crippen LogP contribution is 2.39. The minimum Gasteiger partial charge on any atom is -0.474 e. The van der Waals surface area contributed by atoms with Crippen LogP contribution in [0.2, 0.25) is 0 Å². The van der Waals surface area contributed by atoms with E-state index in [1.807, 2.05) is 36.4 Å². The van der Waals surface area contributed by atoms with Crippen LogP contribution < -0.4 is 4.74 Å². The number of pyridine rings is 1. The number of rotatable bonds is 3. The van der Waals surface area contributed by atoms with Crippen LogP contribution in [-0.2, 0) is 22.3 Å². The normalized spacial score (nSPS) is 23.4. The highest BCUT2D eigenvalue weighted by molar-refractivity contribution is 5.50. The van der Waals surface area contributed by atoms with Crippen molar-refractivity contribution in [2.45, 2.75) is 56.3 Å². The number of aromatic nitrogens is 4.